The second kappa shape index (κ2) is 7.89. The molecule has 0 aliphatic carbocycles. The summed E-state index contributed by atoms with van der Waals surface area (Å²) in [7, 11) is 3.92. The Morgan fingerprint density at radius 3 is 2.38 bits per heavy atom. The standard InChI is InChI=1S/C21H23N3O2/c1-24(2)19-11-9-18(10-12-19)23-21(26)22-14-20(25)17-8-7-15-5-3-4-6-16(15)13-17/h3-13,20,25H,14H2,1-2H3,(H2,22,23,26). The average molecular weight is 349 g/mol. The van der Waals surface area contributed by atoms with Crippen LogP contribution in [0.2, 0.25) is 0 Å². The Hall–Kier alpha value is -3.05. The number of aliphatic hydroxyl groups excluding tert-OH is 1. The Balaban J connectivity index is 1.56. The molecule has 0 radical (unpaired) electrons. The zero-order chi connectivity index (χ0) is 18.5. The highest BCUT2D eigenvalue weighted by Gasteiger charge is 2.10. The number of carbonyl (C=O) groups is 1. The topological polar surface area (TPSA) is 64.6 Å². The van der Waals surface area contributed by atoms with Crippen LogP contribution in [0.4, 0.5) is 16.2 Å². The Morgan fingerprint density at radius 2 is 1.69 bits per heavy atom. The third kappa shape index (κ3) is 4.32. The van der Waals surface area contributed by atoms with Gasteiger partial charge in [-0.05, 0) is 46.7 Å². The van der Waals surface area contributed by atoms with Crippen molar-refractivity contribution >= 4 is 28.2 Å². The molecule has 5 heteroatoms. The van der Waals surface area contributed by atoms with Crippen molar-refractivity contribution < 1.29 is 9.90 Å². The minimum Gasteiger partial charge on any atom is -0.387 e. The number of fused-ring (bicyclic) bond motifs is 1. The van der Waals surface area contributed by atoms with E-state index in [2.05, 4.69) is 10.6 Å². The molecule has 3 aromatic carbocycles. The number of nitrogens with zero attached hydrogens (tertiary/aromatic N) is 1. The van der Waals surface area contributed by atoms with Gasteiger partial charge in [0.15, 0.2) is 0 Å². The molecule has 0 bridgehead atoms. The number of rotatable bonds is 5. The first-order valence-electron chi connectivity index (χ1n) is 8.52. The molecule has 0 saturated carbocycles. The van der Waals surface area contributed by atoms with E-state index in [4.69, 9.17) is 0 Å². The minimum absolute atomic E-state index is 0.139. The highest BCUT2D eigenvalue weighted by Crippen LogP contribution is 2.20. The van der Waals surface area contributed by atoms with Crippen molar-refractivity contribution in [2.24, 2.45) is 0 Å². The van der Waals surface area contributed by atoms with Crippen LogP contribution in [0.3, 0.4) is 0 Å². The highest BCUT2D eigenvalue weighted by atomic mass is 16.3. The Bertz CT molecular complexity index is 891. The first kappa shape index (κ1) is 17.8. The lowest BCUT2D eigenvalue weighted by atomic mass is 10.0. The van der Waals surface area contributed by atoms with Crippen molar-refractivity contribution in [2.75, 3.05) is 30.9 Å². The molecule has 3 rings (SSSR count). The third-order valence-electron chi connectivity index (χ3n) is 4.26. The maximum absolute atomic E-state index is 12.0. The van der Waals surface area contributed by atoms with Crippen molar-refractivity contribution in [3.05, 3.63) is 72.3 Å². The number of carbonyl (C=O) groups excluding carboxylic acids is 1. The lowest BCUT2D eigenvalue weighted by Gasteiger charge is -2.15. The van der Waals surface area contributed by atoms with Gasteiger partial charge in [0.05, 0.1) is 6.10 Å². The Kier molecular flexibility index (Phi) is 5.39. The summed E-state index contributed by atoms with van der Waals surface area (Å²) in [6, 6.07) is 21.0. The number of urea groups is 1. The van der Waals surface area contributed by atoms with Gasteiger partial charge in [0, 0.05) is 32.0 Å². The Labute approximate surface area is 153 Å². The molecule has 0 aliphatic rings. The fourth-order valence-electron chi connectivity index (χ4n) is 2.74. The van der Waals surface area contributed by atoms with Crippen LogP contribution >= 0.6 is 0 Å². The van der Waals surface area contributed by atoms with Gasteiger partial charge in [0.25, 0.3) is 0 Å². The molecular weight excluding hydrogens is 326 g/mol. The van der Waals surface area contributed by atoms with E-state index >= 15 is 0 Å². The van der Waals surface area contributed by atoms with Gasteiger partial charge >= 0.3 is 6.03 Å². The van der Waals surface area contributed by atoms with Crippen LogP contribution in [0.25, 0.3) is 10.8 Å². The summed E-state index contributed by atoms with van der Waals surface area (Å²) in [6.07, 6.45) is -0.763. The van der Waals surface area contributed by atoms with E-state index in [0.29, 0.717) is 5.69 Å². The SMILES string of the molecule is CN(C)c1ccc(NC(=O)NCC(O)c2ccc3ccccc3c2)cc1. The first-order valence-corrected chi connectivity index (χ1v) is 8.52. The van der Waals surface area contributed by atoms with Crippen molar-refractivity contribution in [3.8, 4) is 0 Å². The summed E-state index contributed by atoms with van der Waals surface area (Å²) in [6.45, 7) is 0.139. The second-order valence-electron chi connectivity index (χ2n) is 6.40. The maximum Gasteiger partial charge on any atom is 0.319 e. The second-order valence-corrected chi connectivity index (χ2v) is 6.40. The number of anilines is 2. The Morgan fingerprint density at radius 1 is 1.00 bits per heavy atom. The molecule has 3 aromatic rings. The van der Waals surface area contributed by atoms with Crippen molar-refractivity contribution in [3.63, 3.8) is 0 Å². The van der Waals surface area contributed by atoms with Crippen LogP contribution in [-0.4, -0.2) is 31.8 Å². The fraction of sp³-hybridized carbons (Fsp3) is 0.190. The number of hydrogen-bond acceptors (Lipinski definition) is 3. The molecule has 1 atom stereocenters. The van der Waals surface area contributed by atoms with Crippen LogP contribution in [0.1, 0.15) is 11.7 Å². The lowest BCUT2D eigenvalue weighted by Crippen LogP contribution is -2.32. The van der Waals surface area contributed by atoms with Crippen LogP contribution in [0, 0.1) is 0 Å². The number of benzene rings is 3. The summed E-state index contributed by atoms with van der Waals surface area (Å²) in [4.78, 5) is 14.0. The van der Waals surface area contributed by atoms with Crippen LogP contribution in [0.5, 0.6) is 0 Å². The van der Waals surface area contributed by atoms with Crippen molar-refractivity contribution in [1.29, 1.82) is 0 Å². The predicted octanol–water partition coefficient (Wildman–Crippen LogP) is 3.76. The molecule has 5 nitrogen and oxygen atoms in total. The molecular formula is C21H23N3O2. The first-order chi connectivity index (χ1) is 12.5. The molecule has 134 valence electrons. The van der Waals surface area contributed by atoms with E-state index in [1.54, 1.807) is 0 Å². The molecule has 0 aromatic heterocycles. The fourth-order valence-corrected chi connectivity index (χ4v) is 2.74. The number of nitrogens with one attached hydrogen (secondary N) is 2. The van der Waals surface area contributed by atoms with E-state index in [9.17, 15) is 9.90 Å². The quantitative estimate of drug-likeness (QED) is 0.657. The lowest BCUT2D eigenvalue weighted by molar-refractivity contribution is 0.175. The van der Waals surface area contributed by atoms with Gasteiger partial charge in [0.2, 0.25) is 0 Å². The summed E-state index contributed by atoms with van der Waals surface area (Å²) < 4.78 is 0. The monoisotopic (exact) mass is 349 g/mol. The normalized spacial score (nSPS) is 11.8. The molecule has 2 amide bonds. The van der Waals surface area contributed by atoms with Crippen LogP contribution < -0.4 is 15.5 Å². The molecule has 0 spiro atoms. The van der Waals surface area contributed by atoms with Crippen molar-refractivity contribution in [1.82, 2.24) is 5.32 Å². The zero-order valence-electron chi connectivity index (χ0n) is 14.9. The van der Waals surface area contributed by atoms with Gasteiger partial charge < -0.3 is 20.6 Å². The minimum atomic E-state index is -0.763. The van der Waals surface area contributed by atoms with Gasteiger partial charge in [-0.2, -0.15) is 0 Å². The number of hydrogen-bond donors (Lipinski definition) is 3. The predicted molar refractivity (Wildman–Crippen MR) is 107 cm³/mol. The largest absolute Gasteiger partial charge is 0.387 e. The van der Waals surface area contributed by atoms with Gasteiger partial charge in [0.1, 0.15) is 0 Å². The molecule has 3 N–H and O–H groups in total. The average Bonchev–Trinajstić information content (AvgIpc) is 2.66. The summed E-state index contributed by atoms with van der Waals surface area (Å²) in [5.74, 6) is 0. The van der Waals surface area contributed by atoms with E-state index in [1.807, 2.05) is 85.7 Å². The summed E-state index contributed by atoms with van der Waals surface area (Å²) in [5.41, 5.74) is 2.54. The summed E-state index contributed by atoms with van der Waals surface area (Å²) in [5, 5.41) is 18.0. The molecule has 0 saturated heterocycles. The van der Waals surface area contributed by atoms with Crippen LogP contribution in [0.15, 0.2) is 66.7 Å². The van der Waals surface area contributed by atoms with E-state index in [-0.39, 0.29) is 12.6 Å². The molecule has 1 unspecified atom stereocenters. The number of aliphatic hydroxyl groups is 1. The zero-order valence-corrected chi connectivity index (χ0v) is 14.9. The van der Waals surface area contributed by atoms with E-state index in [1.165, 1.54) is 0 Å². The molecule has 0 aliphatic heterocycles. The highest BCUT2D eigenvalue weighted by molar-refractivity contribution is 5.89. The molecule has 0 fully saturated rings. The smallest absolute Gasteiger partial charge is 0.319 e. The number of amides is 2. The third-order valence-corrected chi connectivity index (χ3v) is 4.26. The van der Waals surface area contributed by atoms with Crippen molar-refractivity contribution in [2.45, 2.75) is 6.10 Å². The summed E-state index contributed by atoms with van der Waals surface area (Å²) >= 11 is 0. The van der Waals surface area contributed by atoms with Gasteiger partial charge in [-0.15, -0.1) is 0 Å². The molecule has 0 heterocycles. The van der Waals surface area contributed by atoms with Gasteiger partial charge in [-0.25, -0.2) is 4.79 Å². The van der Waals surface area contributed by atoms with E-state index in [0.717, 1.165) is 22.0 Å². The van der Waals surface area contributed by atoms with E-state index < -0.39 is 6.10 Å². The van der Waals surface area contributed by atoms with Crippen LogP contribution in [-0.2, 0) is 0 Å². The van der Waals surface area contributed by atoms with Gasteiger partial charge in [-0.3, -0.25) is 0 Å². The van der Waals surface area contributed by atoms with Gasteiger partial charge in [-0.1, -0.05) is 36.4 Å². The maximum atomic E-state index is 12.0. The molecule has 26 heavy (non-hydrogen) atoms.